The summed E-state index contributed by atoms with van der Waals surface area (Å²) in [6.45, 7) is 3.49. The van der Waals surface area contributed by atoms with Gasteiger partial charge in [-0.1, -0.05) is 25.1 Å². The van der Waals surface area contributed by atoms with Gasteiger partial charge < -0.3 is 9.67 Å². The van der Waals surface area contributed by atoms with Crippen LogP contribution in [0, 0.1) is 0 Å². The second kappa shape index (κ2) is 5.17. The van der Waals surface area contributed by atoms with Gasteiger partial charge in [-0.3, -0.25) is 0 Å². The van der Waals surface area contributed by atoms with E-state index >= 15 is 0 Å². The molecule has 0 aliphatic carbocycles. The van der Waals surface area contributed by atoms with Crippen LogP contribution in [0.2, 0.25) is 0 Å². The maximum Gasteiger partial charge on any atom is 0.0512 e. The fraction of sp³-hybridized carbons (Fsp3) is 0.429. The smallest absolute Gasteiger partial charge is 0.0512 e. The predicted molar refractivity (Wildman–Crippen MR) is 67.6 cm³/mol. The van der Waals surface area contributed by atoms with Gasteiger partial charge in [0.15, 0.2) is 0 Å². The Morgan fingerprint density at radius 2 is 2.06 bits per heavy atom. The molecule has 2 heteroatoms. The summed E-state index contributed by atoms with van der Waals surface area (Å²) in [5, 5.41) is 10.1. The lowest BCUT2D eigenvalue weighted by molar-refractivity contribution is 0.281. The van der Waals surface area contributed by atoms with Gasteiger partial charge in [-0.25, -0.2) is 0 Å². The first-order valence-corrected chi connectivity index (χ1v) is 6.04. The van der Waals surface area contributed by atoms with Crippen LogP contribution < -0.4 is 0 Å². The lowest BCUT2D eigenvalue weighted by atomic mass is 10.1. The summed E-state index contributed by atoms with van der Waals surface area (Å²) in [6, 6.07) is 8.66. The number of aliphatic hydroxyl groups is 1. The molecule has 1 aromatic heterocycles. The molecule has 0 saturated carbocycles. The molecule has 86 valence electrons. The van der Waals surface area contributed by atoms with Gasteiger partial charge in [-0.15, -0.1) is 0 Å². The standard InChI is InChI=1S/C14H19NO/c1-2-12-6-5-7-13-8-10-15(14(12)13)9-3-4-11-16/h5-8,10,16H,2-4,9,11H2,1H3. The zero-order valence-electron chi connectivity index (χ0n) is 9.82. The number of para-hydroxylation sites is 1. The molecule has 0 aliphatic heterocycles. The number of fused-ring (bicyclic) bond motifs is 1. The van der Waals surface area contributed by atoms with Crippen molar-refractivity contribution >= 4 is 10.9 Å². The average molecular weight is 217 g/mol. The first-order chi connectivity index (χ1) is 7.86. The van der Waals surface area contributed by atoms with Crippen molar-refractivity contribution < 1.29 is 5.11 Å². The van der Waals surface area contributed by atoms with E-state index in [0.29, 0.717) is 6.61 Å². The summed E-state index contributed by atoms with van der Waals surface area (Å²) >= 11 is 0. The number of nitrogens with zero attached hydrogens (tertiary/aromatic N) is 1. The van der Waals surface area contributed by atoms with Crippen LogP contribution in [0.4, 0.5) is 0 Å². The zero-order valence-corrected chi connectivity index (χ0v) is 9.82. The van der Waals surface area contributed by atoms with E-state index in [1.165, 1.54) is 16.5 Å². The van der Waals surface area contributed by atoms with Crippen LogP contribution in [0.3, 0.4) is 0 Å². The van der Waals surface area contributed by atoms with Crippen molar-refractivity contribution in [3.8, 4) is 0 Å². The van der Waals surface area contributed by atoms with Crippen LogP contribution >= 0.6 is 0 Å². The van der Waals surface area contributed by atoms with Crippen LogP contribution in [-0.2, 0) is 13.0 Å². The highest BCUT2D eigenvalue weighted by atomic mass is 16.2. The number of unbranched alkanes of at least 4 members (excludes halogenated alkanes) is 1. The molecule has 0 bridgehead atoms. The van der Waals surface area contributed by atoms with Crippen LogP contribution in [0.15, 0.2) is 30.5 Å². The minimum absolute atomic E-state index is 0.292. The van der Waals surface area contributed by atoms with Crippen LogP contribution in [-0.4, -0.2) is 16.3 Å². The van der Waals surface area contributed by atoms with Gasteiger partial charge in [-0.2, -0.15) is 0 Å². The summed E-state index contributed by atoms with van der Waals surface area (Å²) in [5.41, 5.74) is 2.77. The Bertz CT molecular complexity index is 459. The first kappa shape index (κ1) is 11.2. The summed E-state index contributed by atoms with van der Waals surface area (Å²) in [7, 11) is 0. The van der Waals surface area contributed by atoms with E-state index in [2.05, 4.69) is 42.0 Å². The van der Waals surface area contributed by atoms with Crippen molar-refractivity contribution in [2.24, 2.45) is 0 Å². The number of aryl methyl sites for hydroxylation is 2. The Hall–Kier alpha value is -1.28. The molecule has 1 heterocycles. The first-order valence-electron chi connectivity index (χ1n) is 6.04. The van der Waals surface area contributed by atoms with Crippen LogP contribution in [0.1, 0.15) is 25.3 Å². The molecule has 0 amide bonds. The molecule has 2 aromatic rings. The second-order valence-corrected chi connectivity index (χ2v) is 4.15. The van der Waals surface area contributed by atoms with E-state index in [1.54, 1.807) is 0 Å². The molecule has 0 radical (unpaired) electrons. The van der Waals surface area contributed by atoms with Gasteiger partial charge in [0.05, 0.1) is 5.52 Å². The third-order valence-electron chi connectivity index (χ3n) is 3.06. The van der Waals surface area contributed by atoms with Crippen LogP contribution in [0.25, 0.3) is 10.9 Å². The molecule has 1 N–H and O–H groups in total. The summed E-state index contributed by atoms with van der Waals surface area (Å²) in [6.07, 6.45) is 5.15. The Balaban J connectivity index is 2.30. The minimum atomic E-state index is 0.292. The topological polar surface area (TPSA) is 25.2 Å². The highest BCUT2D eigenvalue weighted by molar-refractivity contribution is 5.83. The molecular weight excluding hydrogens is 198 g/mol. The van der Waals surface area contributed by atoms with Crippen molar-refractivity contribution in [3.63, 3.8) is 0 Å². The zero-order chi connectivity index (χ0) is 11.4. The largest absolute Gasteiger partial charge is 0.396 e. The number of hydrogen-bond donors (Lipinski definition) is 1. The van der Waals surface area contributed by atoms with Gasteiger partial charge in [0.2, 0.25) is 0 Å². The maximum atomic E-state index is 8.80. The minimum Gasteiger partial charge on any atom is -0.396 e. The Morgan fingerprint density at radius 1 is 1.19 bits per heavy atom. The molecule has 2 nitrogen and oxygen atoms in total. The van der Waals surface area contributed by atoms with Gasteiger partial charge in [0, 0.05) is 19.3 Å². The lowest BCUT2D eigenvalue weighted by Gasteiger charge is -2.08. The highest BCUT2D eigenvalue weighted by Crippen LogP contribution is 2.21. The van der Waals surface area contributed by atoms with Gasteiger partial charge in [0.1, 0.15) is 0 Å². The highest BCUT2D eigenvalue weighted by Gasteiger charge is 2.04. The molecule has 16 heavy (non-hydrogen) atoms. The van der Waals surface area contributed by atoms with Crippen molar-refractivity contribution in [1.29, 1.82) is 0 Å². The van der Waals surface area contributed by atoms with Crippen molar-refractivity contribution in [2.45, 2.75) is 32.7 Å². The number of aromatic nitrogens is 1. The molecule has 1 aromatic carbocycles. The Morgan fingerprint density at radius 3 is 2.81 bits per heavy atom. The normalized spacial score (nSPS) is 11.1. The fourth-order valence-corrected chi connectivity index (χ4v) is 2.21. The summed E-state index contributed by atoms with van der Waals surface area (Å²) in [5.74, 6) is 0. The quantitative estimate of drug-likeness (QED) is 0.765. The molecular formula is C14H19NO. The molecule has 0 spiro atoms. The Kier molecular flexibility index (Phi) is 3.62. The van der Waals surface area contributed by atoms with Crippen molar-refractivity contribution in [2.75, 3.05) is 6.61 Å². The molecule has 0 aliphatic rings. The molecule has 2 rings (SSSR count). The Labute approximate surface area is 96.5 Å². The molecule has 0 fully saturated rings. The monoisotopic (exact) mass is 217 g/mol. The number of benzene rings is 1. The van der Waals surface area contributed by atoms with E-state index < -0.39 is 0 Å². The number of aliphatic hydroxyl groups excluding tert-OH is 1. The maximum absolute atomic E-state index is 8.80. The third-order valence-corrected chi connectivity index (χ3v) is 3.06. The predicted octanol–water partition coefficient (Wildman–Crippen LogP) is 2.98. The summed E-state index contributed by atoms with van der Waals surface area (Å²) < 4.78 is 2.31. The van der Waals surface area contributed by atoms with E-state index in [-0.39, 0.29) is 0 Å². The second-order valence-electron chi connectivity index (χ2n) is 4.15. The average Bonchev–Trinajstić information content (AvgIpc) is 2.73. The SMILES string of the molecule is CCc1cccc2ccn(CCCCO)c12. The lowest BCUT2D eigenvalue weighted by Crippen LogP contribution is -1.99. The van der Waals surface area contributed by atoms with E-state index in [4.69, 9.17) is 5.11 Å². The summed E-state index contributed by atoms with van der Waals surface area (Å²) in [4.78, 5) is 0. The van der Waals surface area contributed by atoms with Gasteiger partial charge in [0.25, 0.3) is 0 Å². The fourth-order valence-electron chi connectivity index (χ4n) is 2.21. The van der Waals surface area contributed by atoms with Gasteiger partial charge in [-0.05, 0) is 36.3 Å². The van der Waals surface area contributed by atoms with Crippen LogP contribution in [0.5, 0.6) is 0 Å². The van der Waals surface area contributed by atoms with E-state index in [1.807, 2.05) is 0 Å². The van der Waals surface area contributed by atoms with Gasteiger partial charge >= 0.3 is 0 Å². The molecule has 0 atom stereocenters. The van der Waals surface area contributed by atoms with Crippen molar-refractivity contribution in [3.05, 3.63) is 36.0 Å². The number of hydrogen-bond acceptors (Lipinski definition) is 1. The van der Waals surface area contributed by atoms with E-state index in [0.717, 1.165) is 25.8 Å². The molecule has 0 unspecified atom stereocenters. The van der Waals surface area contributed by atoms with Crippen molar-refractivity contribution in [1.82, 2.24) is 4.57 Å². The number of rotatable bonds is 5. The van der Waals surface area contributed by atoms with E-state index in [9.17, 15) is 0 Å². The molecule has 0 saturated heterocycles. The third kappa shape index (κ3) is 2.12.